The van der Waals surface area contributed by atoms with Gasteiger partial charge in [0.05, 0.1) is 16.1 Å². The summed E-state index contributed by atoms with van der Waals surface area (Å²) in [7, 11) is -1.73. The maximum absolute atomic E-state index is 13.0. The molecular formula is C22H28N4O4S. The Morgan fingerprint density at radius 1 is 0.968 bits per heavy atom. The second-order valence-electron chi connectivity index (χ2n) is 7.49. The summed E-state index contributed by atoms with van der Waals surface area (Å²) in [6.07, 6.45) is 0.800. The molecule has 2 aromatic carbocycles. The number of hydrogen-bond acceptors (Lipinski definition) is 5. The number of piperazine rings is 1. The molecular weight excluding hydrogens is 416 g/mol. The van der Waals surface area contributed by atoms with Crippen LogP contribution >= 0.6 is 0 Å². The van der Waals surface area contributed by atoms with Gasteiger partial charge in [0.25, 0.3) is 11.8 Å². The van der Waals surface area contributed by atoms with Crippen molar-refractivity contribution in [3.05, 3.63) is 59.7 Å². The van der Waals surface area contributed by atoms with Crippen LogP contribution in [0.2, 0.25) is 0 Å². The number of anilines is 1. The summed E-state index contributed by atoms with van der Waals surface area (Å²) < 4.78 is 27.4. The van der Waals surface area contributed by atoms with Gasteiger partial charge in [0, 0.05) is 38.3 Å². The summed E-state index contributed by atoms with van der Waals surface area (Å²) in [5.41, 5.74) is 0.929. The number of carbonyl (C=O) groups excluding carboxylic acids is 2. The molecule has 1 fully saturated rings. The molecule has 1 aliphatic heterocycles. The lowest BCUT2D eigenvalue weighted by molar-refractivity contribution is 0.0954. The van der Waals surface area contributed by atoms with Gasteiger partial charge in [-0.1, -0.05) is 25.1 Å². The molecule has 0 spiro atoms. The molecule has 0 radical (unpaired) electrons. The smallest absolute Gasteiger partial charge is 0.255 e. The summed E-state index contributed by atoms with van der Waals surface area (Å²) in [6, 6.07) is 12.7. The van der Waals surface area contributed by atoms with Crippen molar-refractivity contribution < 1.29 is 18.0 Å². The van der Waals surface area contributed by atoms with Crippen molar-refractivity contribution in [1.82, 2.24) is 14.5 Å². The van der Waals surface area contributed by atoms with Crippen LogP contribution < -0.4 is 10.6 Å². The maximum Gasteiger partial charge on any atom is 0.255 e. The highest BCUT2D eigenvalue weighted by atomic mass is 32.2. The Morgan fingerprint density at radius 2 is 1.68 bits per heavy atom. The zero-order valence-electron chi connectivity index (χ0n) is 17.8. The van der Waals surface area contributed by atoms with Crippen LogP contribution in [-0.2, 0) is 10.0 Å². The lowest BCUT2D eigenvalue weighted by Crippen LogP contribution is -2.47. The van der Waals surface area contributed by atoms with Crippen molar-refractivity contribution >= 4 is 27.5 Å². The minimum atomic E-state index is -3.68. The number of amides is 2. The molecule has 0 unspecified atom stereocenters. The third-order valence-electron chi connectivity index (χ3n) is 5.15. The average molecular weight is 445 g/mol. The molecule has 31 heavy (non-hydrogen) atoms. The quantitative estimate of drug-likeness (QED) is 0.681. The highest BCUT2D eigenvalue weighted by Gasteiger charge is 2.28. The first kappa shape index (κ1) is 22.9. The molecule has 2 amide bonds. The van der Waals surface area contributed by atoms with Gasteiger partial charge in [0.15, 0.2) is 0 Å². The standard InChI is InChI=1S/C22H28N4O4S/c1-3-11-23-22(28)19-9-4-5-10-20(19)24-21(27)17-7-6-8-18(16-17)31(29,30)26-14-12-25(2)13-15-26/h4-10,16H,3,11-15H2,1-2H3,(H,23,28)(H,24,27). The maximum atomic E-state index is 13.0. The van der Waals surface area contributed by atoms with Gasteiger partial charge >= 0.3 is 0 Å². The van der Waals surface area contributed by atoms with Crippen molar-refractivity contribution in [2.24, 2.45) is 0 Å². The van der Waals surface area contributed by atoms with Crippen molar-refractivity contribution in [3.8, 4) is 0 Å². The van der Waals surface area contributed by atoms with E-state index in [1.807, 2.05) is 14.0 Å². The first-order valence-corrected chi connectivity index (χ1v) is 11.7. The molecule has 9 heteroatoms. The largest absolute Gasteiger partial charge is 0.352 e. The minimum absolute atomic E-state index is 0.0821. The van der Waals surface area contributed by atoms with Gasteiger partial charge in [-0.15, -0.1) is 0 Å². The summed E-state index contributed by atoms with van der Waals surface area (Å²) in [5.74, 6) is -0.754. The number of sulfonamides is 1. The van der Waals surface area contributed by atoms with Gasteiger partial charge in [0.2, 0.25) is 10.0 Å². The normalized spacial score (nSPS) is 15.4. The number of rotatable bonds is 7. The van der Waals surface area contributed by atoms with E-state index in [4.69, 9.17) is 0 Å². The van der Waals surface area contributed by atoms with E-state index in [1.165, 1.54) is 16.4 Å². The zero-order valence-corrected chi connectivity index (χ0v) is 18.6. The highest BCUT2D eigenvalue weighted by Crippen LogP contribution is 2.21. The molecule has 0 bridgehead atoms. The summed E-state index contributed by atoms with van der Waals surface area (Å²) in [6.45, 7) is 4.64. The van der Waals surface area contributed by atoms with E-state index in [1.54, 1.807) is 36.4 Å². The fraction of sp³-hybridized carbons (Fsp3) is 0.364. The van der Waals surface area contributed by atoms with E-state index < -0.39 is 15.9 Å². The van der Waals surface area contributed by atoms with Crippen molar-refractivity contribution in [1.29, 1.82) is 0 Å². The summed E-state index contributed by atoms with van der Waals surface area (Å²) >= 11 is 0. The molecule has 2 aromatic rings. The molecule has 8 nitrogen and oxygen atoms in total. The van der Waals surface area contributed by atoms with Gasteiger partial charge in [-0.2, -0.15) is 4.31 Å². The van der Waals surface area contributed by atoms with Crippen LogP contribution in [0.25, 0.3) is 0 Å². The van der Waals surface area contributed by atoms with Gasteiger partial charge in [-0.3, -0.25) is 9.59 Å². The Hall–Kier alpha value is -2.75. The second kappa shape index (κ2) is 10.0. The molecule has 0 atom stereocenters. The van der Waals surface area contributed by atoms with Crippen molar-refractivity contribution in [2.75, 3.05) is 45.1 Å². The Bertz CT molecular complexity index is 1050. The van der Waals surface area contributed by atoms with Gasteiger partial charge in [-0.25, -0.2) is 8.42 Å². The van der Waals surface area contributed by atoms with Gasteiger partial charge in [-0.05, 0) is 43.8 Å². The number of hydrogen-bond donors (Lipinski definition) is 2. The van der Waals surface area contributed by atoms with E-state index in [0.717, 1.165) is 6.42 Å². The van der Waals surface area contributed by atoms with Crippen molar-refractivity contribution in [2.45, 2.75) is 18.2 Å². The predicted molar refractivity (Wildman–Crippen MR) is 120 cm³/mol. The average Bonchev–Trinajstić information content (AvgIpc) is 2.78. The molecule has 0 saturated carbocycles. The fourth-order valence-corrected chi connectivity index (χ4v) is 4.76. The number of para-hydroxylation sites is 1. The lowest BCUT2D eigenvalue weighted by atomic mass is 10.1. The molecule has 3 rings (SSSR count). The molecule has 1 heterocycles. The minimum Gasteiger partial charge on any atom is -0.352 e. The van der Waals surface area contributed by atoms with E-state index in [2.05, 4.69) is 15.5 Å². The number of carbonyl (C=O) groups is 2. The second-order valence-corrected chi connectivity index (χ2v) is 9.43. The Kier molecular flexibility index (Phi) is 7.42. The van der Waals surface area contributed by atoms with E-state index in [-0.39, 0.29) is 16.4 Å². The topological polar surface area (TPSA) is 98.8 Å². The molecule has 1 saturated heterocycles. The van der Waals surface area contributed by atoms with E-state index in [0.29, 0.717) is 44.0 Å². The van der Waals surface area contributed by atoms with Crippen LogP contribution in [0.5, 0.6) is 0 Å². The molecule has 0 aliphatic carbocycles. The van der Waals surface area contributed by atoms with Crippen LogP contribution in [0.15, 0.2) is 53.4 Å². The van der Waals surface area contributed by atoms with Crippen LogP contribution in [0.1, 0.15) is 34.1 Å². The SMILES string of the molecule is CCCNC(=O)c1ccccc1NC(=O)c1cccc(S(=O)(=O)N2CCN(C)CC2)c1. The number of benzene rings is 2. The molecule has 1 aliphatic rings. The first-order valence-electron chi connectivity index (χ1n) is 10.3. The van der Waals surface area contributed by atoms with Crippen LogP contribution in [-0.4, -0.2) is 69.2 Å². The zero-order chi connectivity index (χ0) is 22.4. The molecule has 166 valence electrons. The molecule has 0 aromatic heterocycles. The van der Waals surface area contributed by atoms with Gasteiger partial charge in [0.1, 0.15) is 0 Å². The number of likely N-dealkylation sites (N-methyl/N-ethyl adjacent to an activating group) is 1. The number of nitrogens with zero attached hydrogens (tertiary/aromatic N) is 2. The van der Waals surface area contributed by atoms with Crippen LogP contribution in [0, 0.1) is 0 Å². The van der Waals surface area contributed by atoms with Crippen LogP contribution in [0.4, 0.5) is 5.69 Å². The summed E-state index contributed by atoms with van der Waals surface area (Å²) in [5, 5.41) is 5.53. The summed E-state index contributed by atoms with van der Waals surface area (Å²) in [4.78, 5) is 27.4. The Labute approximate surface area is 183 Å². The van der Waals surface area contributed by atoms with E-state index in [9.17, 15) is 18.0 Å². The third-order valence-corrected chi connectivity index (χ3v) is 7.05. The number of nitrogens with one attached hydrogen (secondary N) is 2. The van der Waals surface area contributed by atoms with Crippen molar-refractivity contribution in [3.63, 3.8) is 0 Å². The monoisotopic (exact) mass is 444 g/mol. The first-order chi connectivity index (χ1) is 14.8. The van der Waals surface area contributed by atoms with Crippen LogP contribution in [0.3, 0.4) is 0 Å². The highest BCUT2D eigenvalue weighted by molar-refractivity contribution is 7.89. The predicted octanol–water partition coefficient (Wildman–Crippen LogP) is 2.01. The Balaban J connectivity index is 1.79. The third kappa shape index (κ3) is 5.49. The lowest BCUT2D eigenvalue weighted by Gasteiger charge is -2.31. The van der Waals surface area contributed by atoms with E-state index >= 15 is 0 Å². The fourth-order valence-electron chi connectivity index (χ4n) is 3.29. The Morgan fingerprint density at radius 3 is 2.39 bits per heavy atom. The molecule has 2 N–H and O–H groups in total. The van der Waals surface area contributed by atoms with Gasteiger partial charge < -0.3 is 15.5 Å².